The van der Waals surface area contributed by atoms with Crippen LogP contribution in [0.1, 0.15) is 15.9 Å². The number of aromatic carboxylic acids is 1. The predicted molar refractivity (Wildman–Crippen MR) is 95.1 cm³/mol. The van der Waals surface area contributed by atoms with E-state index in [1.807, 2.05) is 0 Å². The van der Waals surface area contributed by atoms with E-state index >= 15 is 0 Å². The number of ether oxygens (including phenoxy) is 1. The first kappa shape index (κ1) is 19.0. The molecule has 0 bridgehead atoms. The highest BCUT2D eigenvalue weighted by molar-refractivity contribution is 9.10. The average molecular weight is 442 g/mol. The van der Waals surface area contributed by atoms with Gasteiger partial charge in [0.05, 0.1) is 5.52 Å². The SMILES string of the molecule is O=C(O)c1cn(Cc2ccc(OC(F)(F)F)cc2)c2ccc(Br)cc2c1=O. The molecule has 3 aromatic rings. The molecule has 0 aliphatic carbocycles. The molecule has 0 saturated carbocycles. The first-order valence-electron chi connectivity index (χ1n) is 7.55. The molecule has 0 radical (unpaired) electrons. The second kappa shape index (κ2) is 7.07. The number of fused-ring (bicyclic) bond motifs is 1. The molecular formula is C18H11BrF3NO4. The zero-order chi connectivity index (χ0) is 19.8. The monoisotopic (exact) mass is 441 g/mol. The lowest BCUT2D eigenvalue weighted by atomic mass is 10.1. The number of carboxylic acids is 1. The lowest BCUT2D eigenvalue weighted by molar-refractivity contribution is -0.274. The molecule has 1 heterocycles. The molecule has 0 saturated heterocycles. The van der Waals surface area contributed by atoms with Gasteiger partial charge in [-0.15, -0.1) is 13.2 Å². The summed E-state index contributed by atoms with van der Waals surface area (Å²) in [6, 6.07) is 10.1. The van der Waals surface area contributed by atoms with Crippen molar-refractivity contribution in [2.45, 2.75) is 12.9 Å². The zero-order valence-corrected chi connectivity index (χ0v) is 15.0. The Morgan fingerprint density at radius 1 is 1.15 bits per heavy atom. The Kier molecular flexibility index (Phi) is 4.97. The van der Waals surface area contributed by atoms with Crippen LogP contribution in [-0.2, 0) is 6.54 Å². The Morgan fingerprint density at radius 3 is 2.41 bits per heavy atom. The number of rotatable bonds is 4. The van der Waals surface area contributed by atoms with Gasteiger partial charge in [-0.05, 0) is 35.9 Å². The van der Waals surface area contributed by atoms with Crippen molar-refractivity contribution >= 4 is 32.8 Å². The Hall–Kier alpha value is -2.81. The number of benzene rings is 2. The highest BCUT2D eigenvalue weighted by Crippen LogP contribution is 2.24. The van der Waals surface area contributed by atoms with Crippen molar-refractivity contribution in [1.82, 2.24) is 4.57 Å². The van der Waals surface area contributed by atoms with Crippen molar-refractivity contribution in [2.75, 3.05) is 0 Å². The van der Waals surface area contributed by atoms with Crippen LogP contribution in [-0.4, -0.2) is 22.0 Å². The molecular weight excluding hydrogens is 431 g/mol. The van der Waals surface area contributed by atoms with Gasteiger partial charge in [0, 0.05) is 22.6 Å². The maximum Gasteiger partial charge on any atom is 0.573 e. The van der Waals surface area contributed by atoms with E-state index in [4.69, 9.17) is 0 Å². The van der Waals surface area contributed by atoms with Crippen LogP contribution in [0.2, 0.25) is 0 Å². The molecule has 0 spiro atoms. The molecule has 140 valence electrons. The van der Waals surface area contributed by atoms with Crippen LogP contribution in [0.15, 0.2) is 57.9 Å². The number of aromatic nitrogens is 1. The third-order valence-electron chi connectivity index (χ3n) is 3.78. The second-order valence-electron chi connectivity index (χ2n) is 5.66. The minimum Gasteiger partial charge on any atom is -0.477 e. The van der Waals surface area contributed by atoms with Crippen LogP contribution < -0.4 is 10.2 Å². The minimum absolute atomic E-state index is 0.158. The molecule has 27 heavy (non-hydrogen) atoms. The van der Waals surface area contributed by atoms with Gasteiger partial charge in [-0.2, -0.15) is 0 Å². The quantitative estimate of drug-likeness (QED) is 0.650. The van der Waals surface area contributed by atoms with Crippen LogP contribution in [0.3, 0.4) is 0 Å². The molecule has 1 N–H and O–H groups in total. The Labute approximate surface area is 158 Å². The first-order valence-corrected chi connectivity index (χ1v) is 8.34. The summed E-state index contributed by atoms with van der Waals surface area (Å²) in [4.78, 5) is 23.8. The second-order valence-corrected chi connectivity index (χ2v) is 6.57. The van der Waals surface area contributed by atoms with Gasteiger partial charge in [0.25, 0.3) is 0 Å². The van der Waals surface area contributed by atoms with Crippen molar-refractivity contribution in [1.29, 1.82) is 0 Å². The van der Waals surface area contributed by atoms with Crippen molar-refractivity contribution in [3.05, 3.63) is 74.5 Å². The summed E-state index contributed by atoms with van der Waals surface area (Å²) in [6.45, 7) is 0.158. The highest BCUT2D eigenvalue weighted by atomic mass is 79.9. The number of halogens is 4. The van der Waals surface area contributed by atoms with Gasteiger partial charge in [-0.25, -0.2) is 4.79 Å². The number of carbonyl (C=O) groups is 1. The van der Waals surface area contributed by atoms with Crippen LogP contribution >= 0.6 is 15.9 Å². The fourth-order valence-corrected chi connectivity index (χ4v) is 3.01. The summed E-state index contributed by atoms with van der Waals surface area (Å²) < 4.78 is 42.7. The maximum atomic E-state index is 12.4. The lowest BCUT2D eigenvalue weighted by Gasteiger charge is -2.14. The lowest BCUT2D eigenvalue weighted by Crippen LogP contribution is -2.19. The maximum absolute atomic E-state index is 12.4. The summed E-state index contributed by atoms with van der Waals surface area (Å²) in [6.07, 6.45) is -3.55. The summed E-state index contributed by atoms with van der Waals surface area (Å²) in [5.74, 6) is -1.71. The number of hydrogen-bond donors (Lipinski definition) is 1. The van der Waals surface area contributed by atoms with E-state index in [1.54, 1.807) is 16.7 Å². The van der Waals surface area contributed by atoms with Crippen molar-refractivity contribution in [3.63, 3.8) is 0 Å². The molecule has 2 aromatic carbocycles. The standard InChI is InChI=1S/C18H11BrF3NO4/c19-11-3-6-15-13(7-11)16(24)14(17(25)26)9-23(15)8-10-1-4-12(5-2-10)27-18(20,21)22/h1-7,9H,8H2,(H,25,26). The number of nitrogens with zero attached hydrogens (tertiary/aromatic N) is 1. The fraction of sp³-hybridized carbons (Fsp3) is 0.111. The smallest absolute Gasteiger partial charge is 0.477 e. The third kappa shape index (κ3) is 4.30. The third-order valence-corrected chi connectivity index (χ3v) is 4.28. The number of pyridine rings is 1. The molecule has 0 amide bonds. The molecule has 0 fully saturated rings. The van der Waals surface area contributed by atoms with Gasteiger partial charge in [-0.1, -0.05) is 28.1 Å². The van der Waals surface area contributed by atoms with E-state index in [2.05, 4.69) is 20.7 Å². The van der Waals surface area contributed by atoms with E-state index in [0.29, 0.717) is 15.6 Å². The summed E-state index contributed by atoms with van der Waals surface area (Å²) >= 11 is 3.25. The number of alkyl halides is 3. The van der Waals surface area contributed by atoms with E-state index < -0.39 is 23.3 Å². The van der Waals surface area contributed by atoms with E-state index in [9.17, 15) is 27.9 Å². The predicted octanol–water partition coefficient (Wildman–Crippen LogP) is 4.41. The average Bonchev–Trinajstić information content (AvgIpc) is 2.57. The van der Waals surface area contributed by atoms with Crippen molar-refractivity contribution in [3.8, 4) is 5.75 Å². The largest absolute Gasteiger partial charge is 0.573 e. The molecule has 0 aliphatic rings. The molecule has 9 heteroatoms. The summed E-state index contributed by atoms with van der Waals surface area (Å²) in [5.41, 5.74) is 0.110. The molecule has 1 aromatic heterocycles. The van der Waals surface area contributed by atoms with Gasteiger partial charge < -0.3 is 14.4 Å². The number of carboxylic acid groups (broad SMARTS) is 1. The number of hydrogen-bond acceptors (Lipinski definition) is 3. The minimum atomic E-state index is -4.78. The van der Waals surface area contributed by atoms with Gasteiger partial charge in [0.2, 0.25) is 5.43 Å². The van der Waals surface area contributed by atoms with E-state index in [1.165, 1.54) is 36.5 Å². The molecule has 0 atom stereocenters. The van der Waals surface area contributed by atoms with Crippen molar-refractivity contribution in [2.24, 2.45) is 0 Å². The summed E-state index contributed by atoms with van der Waals surface area (Å²) in [5, 5.41) is 9.50. The van der Waals surface area contributed by atoms with Gasteiger partial charge in [0.15, 0.2) is 0 Å². The van der Waals surface area contributed by atoms with Crippen LogP contribution in [0, 0.1) is 0 Å². The van der Waals surface area contributed by atoms with Crippen LogP contribution in [0.5, 0.6) is 5.75 Å². The van der Waals surface area contributed by atoms with Crippen molar-refractivity contribution < 1.29 is 27.8 Å². The van der Waals surface area contributed by atoms with Gasteiger partial charge in [-0.3, -0.25) is 4.79 Å². The topological polar surface area (TPSA) is 68.5 Å². The molecule has 3 rings (SSSR count). The normalized spacial score (nSPS) is 11.6. The van der Waals surface area contributed by atoms with E-state index in [0.717, 1.165) is 0 Å². The highest BCUT2D eigenvalue weighted by Gasteiger charge is 2.30. The zero-order valence-electron chi connectivity index (χ0n) is 13.5. The summed E-state index contributed by atoms with van der Waals surface area (Å²) in [7, 11) is 0. The van der Waals surface area contributed by atoms with Crippen LogP contribution in [0.25, 0.3) is 10.9 Å². The van der Waals surface area contributed by atoms with E-state index in [-0.39, 0.29) is 17.7 Å². The molecule has 0 unspecified atom stereocenters. The Balaban J connectivity index is 2.03. The fourth-order valence-electron chi connectivity index (χ4n) is 2.65. The molecule has 5 nitrogen and oxygen atoms in total. The Morgan fingerprint density at radius 2 is 1.81 bits per heavy atom. The Bertz CT molecular complexity index is 1070. The van der Waals surface area contributed by atoms with Gasteiger partial charge in [0.1, 0.15) is 11.3 Å². The van der Waals surface area contributed by atoms with Gasteiger partial charge >= 0.3 is 12.3 Å². The molecule has 0 aliphatic heterocycles. The first-order chi connectivity index (χ1) is 12.6. The van der Waals surface area contributed by atoms with Crippen LogP contribution in [0.4, 0.5) is 13.2 Å².